The van der Waals surface area contributed by atoms with Crippen molar-refractivity contribution in [3.8, 4) is 0 Å². The number of aryl methyl sites for hydroxylation is 1. The van der Waals surface area contributed by atoms with Gasteiger partial charge in [-0.2, -0.15) is 0 Å². The minimum absolute atomic E-state index is 0.0635. The van der Waals surface area contributed by atoms with E-state index in [0.717, 1.165) is 42.0 Å². The van der Waals surface area contributed by atoms with Crippen molar-refractivity contribution in [1.29, 1.82) is 0 Å². The van der Waals surface area contributed by atoms with E-state index in [-0.39, 0.29) is 5.91 Å². The number of nitrogens with one attached hydrogen (secondary N) is 2. The fourth-order valence-corrected chi connectivity index (χ4v) is 2.24. The Morgan fingerprint density at radius 1 is 1.44 bits per heavy atom. The summed E-state index contributed by atoms with van der Waals surface area (Å²) in [7, 11) is 0. The summed E-state index contributed by atoms with van der Waals surface area (Å²) in [5.41, 5.74) is 1.97. The van der Waals surface area contributed by atoms with E-state index < -0.39 is 0 Å². The Hall–Kier alpha value is -0.910. The lowest BCUT2D eigenvalue weighted by atomic mass is 10.2. The average Bonchev–Trinajstić information content (AvgIpc) is 2.35. The van der Waals surface area contributed by atoms with Gasteiger partial charge in [-0.3, -0.25) is 4.79 Å². The number of quaternary nitrogens is 1. The van der Waals surface area contributed by atoms with Crippen molar-refractivity contribution in [3.63, 3.8) is 0 Å². The second-order valence-corrected chi connectivity index (χ2v) is 5.41. The Bertz CT molecular complexity index is 431. The molecule has 1 amide bonds. The molecule has 4 nitrogen and oxygen atoms in total. The molecule has 1 saturated heterocycles. The van der Waals surface area contributed by atoms with Gasteiger partial charge in [0.1, 0.15) is 13.1 Å². The van der Waals surface area contributed by atoms with Crippen molar-refractivity contribution in [3.05, 3.63) is 28.2 Å². The molecule has 1 aliphatic heterocycles. The maximum atomic E-state index is 11.9. The topological polar surface area (TPSA) is 42.8 Å². The summed E-state index contributed by atoms with van der Waals surface area (Å²) in [4.78, 5) is 13.2. The third kappa shape index (κ3) is 3.80. The van der Waals surface area contributed by atoms with Gasteiger partial charge in [-0.1, -0.05) is 15.9 Å². The molecule has 0 atom stereocenters. The molecule has 0 aromatic heterocycles. The van der Waals surface area contributed by atoms with Crippen LogP contribution in [0.2, 0.25) is 0 Å². The lowest BCUT2D eigenvalue weighted by Gasteiger charge is -2.23. The zero-order valence-electron chi connectivity index (χ0n) is 10.5. The lowest BCUT2D eigenvalue weighted by molar-refractivity contribution is -0.899. The Labute approximate surface area is 115 Å². The zero-order chi connectivity index (χ0) is 13.0. The van der Waals surface area contributed by atoms with Gasteiger partial charge in [-0.15, -0.1) is 0 Å². The van der Waals surface area contributed by atoms with Crippen LogP contribution in [-0.2, 0) is 9.53 Å². The van der Waals surface area contributed by atoms with Gasteiger partial charge in [-0.25, -0.2) is 0 Å². The van der Waals surface area contributed by atoms with E-state index in [2.05, 4.69) is 21.2 Å². The highest BCUT2D eigenvalue weighted by atomic mass is 79.9. The van der Waals surface area contributed by atoms with Gasteiger partial charge in [0, 0.05) is 10.2 Å². The molecule has 1 aromatic rings. The molecule has 2 rings (SSSR count). The second kappa shape index (κ2) is 6.31. The number of hydrogen-bond donors (Lipinski definition) is 2. The van der Waals surface area contributed by atoms with E-state index >= 15 is 0 Å². The van der Waals surface area contributed by atoms with Gasteiger partial charge in [0.25, 0.3) is 5.91 Å². The van der Waals surface area contributed by atoms with Crippen molar-refractivity contribution < 1.29 is 14.4 Å². The number of halogens is 1. The number of benzene rings is 1. The summed E-state index contributed by atoms with van der Waals surface area (Å²) in [5, 5.41) is 2.94. The van der Waals surface area contributed by atoms with Gasteiger partial charge in [-0.05, 0) is 30.7 Å². The molecule has 2 N–H and O–H groups in total. The van der Waals surface area contributed by atoms with E-state index in [0.29, 0.717) is 6.54 Å². The summed E-state index contributed by atoms with van der Waals surface area (Å²) in [6.07, 6.45) is 0. The largest absolute Gasteiger partial charge is 0.370 e. The first-order valence-electron chi connectivity index (χ1n) is 6.12. The van der Waals surface area contributed by atoms with Crippen LogP contribution in [-0.4, -0.2) is 38.8 Å². The quantitative estimate of drug-likeness (QED) is 0.859. The highest BCUT2D eigenvalue weighted by Crippen LogP contribution is 2.19. The predicted octanol–water partition coefficient (Wildman–Crippen LogP) is 0.611. The van der Waals surface area contributed by atoms with Crippen molar-refractivity contribution in [2.75, 3.05) is 38.2 Å². The zero-order valence-corrected chi connectivity index (χ0v) is 12.0. The molecule has 0 bridgehead atoms. The van der Waals surface area contributed by atoms with E-state index in [9.17, 15) is 4.79 Å². The highest BCUT2D eigenvalue weighted by Gasteiger charge is 2.17. The Morgan fingerprint density at radius 3 is 2.83 bits per heavy atom. The van der Waals surface area contributed by atoms with Crippen LogP contribution in [0.3, 0.4) is 0 Å². The summed E-state index contributed by atoms with van der Waals surface area (Å²) in [6.45, 7) is 5.84. The van der Waals surface area contributed by atoms with Crippen LogP contribution in [0.5, 0.6) is 0 Å². The molecule has 0 radical (unpaired) electrons. The Kier molecular flexibility index (Phi) is 4.74. The number of ether oxygens (including phenoxy) is 1. The van der Waals surface area contributed by atoms with Crippen molar-refractivity contribution >= 4 is 27.5 Å². The van der Waals surface area contributed by atoms with Crippen LogP contribution in [0.25, 0.3) is 0 Å². The van der Waals surface area contributed by atoms with E-state index in [1.165, 1.54) is 4.90 Å². The lowest BCUT2D eigenvalue weighted by Crippen LogP contribution is -3.15. The molecule has 1 aliphatic rings. The minimum atomic E-state index is 0.0635. The maximum Gasteiger partial charge on any atom is 0.279 e. The summed E-state index contributed by atoms with van der Waals surface area (Å²) in [5.74, 6) is 0.0635. The van der Waals surface area contributed by atoms with Gasteiger partial charge < -0.3 is 15.0 Å². The van der Waals surface area contributed by atoms with Gasteiger partial charge in [0.2, 0.25) is 0 Å². The molecule has 0 spiro atoms. The molecular formula is C13H18BrN2O2+. The molecule has 0 aliphatic carbocycles. The smallest absolute Gasteiger partial charge is 0.279 e. The predicted molar refractivity (Wildman–Crippen MR) is 73.9 cm³/mol. The summed E-state index contributed by atoms with van der Waals surface area (Å²) < 4.78 is 6.33. The van der Waals surface area contributed by atoms with Crippen LogP contribution in [0.15, 0.2) is 22.7 Å². The van der Waals surface area contributed by atoms with Crippen LogP contribution >= 0.6 is 15.9 Å². The first-order valence-corrected chi connectivity index (χ1v) is 6.92. The van der Waals surface area contributed by atoms with Crippen molar-refractivity contribution in [2.45, 2.75) is 6.92 Å². The number of carbonyl (C=O) groups is 1. The first-order chi connectivity index (χ1) is 8.65. The molecular weight excluding hydrogens is 296 g/mol. The molecule has 98 valence electrons. The molecule has 18 heavy (non-hydrogen) atoms. The van der Waals surface area contributed by atoms with Crippen LogP contribution in [0.1, 0.15) is 5.56 Å². The second-order valence-electron chi connectivity index (χ2n) is 4.55. The first kappa shape index (κ1) is 13.5. The van der Waals surface area contributed by atoms with Crippen molar-refractivity contribution in [1.82, 2.24) is 0 Å². The van der Waals surface area contributed by atoms with Crippen molar-refractivity contribution in [2.24, 2.45) is 0 Å². The molecule has 5 heteroatoms. The minimum Gasteiger partial charge on any atom is -0.370 e. The average molecular weight is 314 g/mol. The number of rotatable bonds is 3. The molecule has 0 saturated carbocycles. The fourth-order valence-electron chi connectivity index (χ4n) is 1.99. The third-order valence-corrected chi connectivity index (χ3v) is 3.94. The highest BCUT2D eigenvalue weighted by molar-refractivity contribution is 9.10. The maximum absolute atomic E-state index is 11.9. The number of anilines is 1. The Morgan fingerprint density at radius 2 is 2.17 bits per heavy atom. The van der Waals surface area contributed by atoms with E-state index in [1.807, 2.05) is 25.1 Å². The van der Waals surface area contributed by atoms with E-state index in [4.69, 9.17) is 4.74 Å². The third-order valence-electron chi connectivity index (χ3n) is 3.05. The molecule has 1 heterocycles. The van der Waals surface area contributed by atoms with Gasteiger partial charge in [0.05, 0.1) is 13.2 Å². The SMILES string of the molecule is Cc1cc(NC(=O)C[NH+]2CCOCC2)ccc1Br. The van der Waals surface area contributed by atoms with Gasteiger partial charge >= 0.3 is 0 Å². The number of morpholine rings is 1. The van der Waals surface area contributed by atoms with Gasteiger partial charge in [0.15, 0.2) is 6.54 Å². The summed E-state index contributed by atoms with van der Waals surface area (Å²) in [6, 6.07) is 5.83. The number of carbonyl (C=O) groups excluding carboxylic acids is 1. The summed E-state index contributed by atoms with van der Waals surface area (Å²) >= 11 is 3.44. The number of amides is 1. The standard InChI is InChI=1S/C13H17BrN2O2/c1-10-8-11(2-3-12(10)14)15-13(17)9-16-4-6-18-7-5-16/h2-3,8H,4-7,9H2,1H3,(H,15,17)/p+1. The van der Waals surface area contributed by atoms with E-state index in [1.54, 1.807) is 0 Å². The fraction of sp³-hybridized carbons (Fsp3) is 0.462. The van der Waals surface area contributed by atoms with Crippen LogP contribution < -0.4 is 10.2 Å². The number of hydrogen-bond acceptors (Lipinski definition) is 2. The molecule has 1 fully saturated rings. The van der Waals surface area contributed by atoms with Crippen LogP contribution in [0.4, 0.5) is 5.69 Å². The Balaban J connectivity index is 1.88. The van der Waals surface area contributed by atoms with Crippen LogP contribution in [0, 0.1) is 6.92 Å². The normalized spacial score (nSPS) is 16.6. The monoisotopic (exact) mass is 313 g/mol. The molecule has 1 aromatic carbocycles. The molecule has 0 unspecified atom stereocenters.